The van der Waals surface area contributed by atoms with Gasteiger partial charge in [0.05, 0.1) is 36.6 Å². The fourth-order valence-electron chi connectivity index (χ4n) is 8.09. The number of carbonyl (C=O) groups is 4. The zero-order chi connectivity index (χ0) is 36.7. The summed E-state index contributed by atoms with van der Waals surface area (Å²) < 4.78 is 13.1. The second kappa shape index (κ2) is 17.1. The molecule has 0 radical (unpaired) electrons. The molecule has 10 nitrogen and oxygen atoms in total. The number of carbonyl (C=O) groups excluding carboxylic acids is 4. The van der Waals surface area contributed by atoms with E-state index < -0.39 is 66.3 Å². The van der Waals surface area contributed by atoms with E-state index in [0.717, 1.165) is 19.3 Å². The lowest BCUT2D eigenvalue weighted by Gasteiger charge is -2.39. The highest BCUT2D eigenvalue weighted by molar-refractivity contribution is 9.09. The van der Waals surface area contributed by atoms with Crippen molar-refractivity contribution in [3.05, 3.63) is 97.1 Å². The summed E-state index contributed by atoms with van der Waals surface area (Å²) in [5.74, 6) is -3.67. The Morgan fingerprint density at radius 2 is 1.76 bits per heavy atom. The van der Waals surface area contributed by atoms with Crippen LogP contribution in [0.25, 0.3) is 0 Å². The van der Waals surface area contributed by atoms with Crippen LogP contribution >= 0.6 is 15.9 Å². The molecule has 2 N–H and O–H groups in total. The average Bonchev–Trinajstić information content (AvgIpc) is 3.73. The van der Waals surface area contributed by atoms with E-state index in [-0.39, 0.29) is 29.6 Å². The molecule has 2 aromatic rings. The van der Waals surface area contributed by atoms with Gasteiger partial charge in [0.1, 0.15) is 17.7 Å². The van der Waals surface area contributed by atoms with Crippen molar-refractivity contribution in [3.63, 3.8) is 0 Å². The van der Waals surface area contributed by atoms with Crippen LogP contribution in [0, 0.1) is 11.8 Å². The van der Waals surface area contributed by atoms with Gasteiger partial charge in [-0.05, 0) is 37.3 Å². The van der Waals surface area contributed by atoms with Crippen molar-refractivity contribution in [3.8, 4) is 0 Å². The highest BCUT2D eigenvalue weighted by Gasteiger charge is 2.77. The van der Waals surface area contributed by atoms with Crippen molar-refractivity contribution < 1.29 is 33.8 Å². The van der Waals surface area contributed by atoms with Crippen molar-refractivity contribution >= 4 is 39.6 Å². The molecule has 3 heterocycles. The third-order valence-electron chi connectivity index (χ3n) is 10.4. The van der Waals surface area contributed by atoms with E-state index in [4.69, 9.17) is 9.47 Å². The minimum atomic E-state index is -1.35. The monoisotopic (exact) mass is 763 g/mol. The maximum absolute atomic E-state index is 14.9. The quantitative estimate of drug-likeness (QED) is 0.0899. The number of unbranched alkanes of at least 4 members (excludes halogenated alkanes) is 2. The number of esters is 1. The van der Waals surface area contributed by atoms with Crippen LogP contribution in [0.3, 0.4) is 0 Å². The van der Waals surface area contributed by atoms with Crippen LogP contribution in [0.2, 0.25) is 0 Å². The minimum absolute atomic E-state index is 0.205. The summed E-state index contributed by atoms with van der Waals surface area (Å²) >= 11 is 3.75. The van der Waals surface area contributed by atoms with Crippen molar-refractivity contribution in [2.45, 2.75) is 93.1 Å². The Labute approximate surface area is 309 Å². The molecule has 0 aliphatic carbocycles. The lowest BCUT2D eigenvalue weighted by Crippen LogP contribution is -2.57. The molecule has 2 bridgehead atoms. The molecule has 1 spiro atoms. The lowest BCUT2D eigenvalue weighted by atomic mass is 9.70. The Kier molecular flexibility index (Phi) is 12.9. The lowest BCUT2D eigenvalue weighted by molar-refractivity contribution is -0.162. The molecule has 3 amide bonds. The Morgan fingerprint density at radius 3 is 2.37 bits per heavy atom. The summed E-state index contributed by atoms with van der Waals surface area (Å²) in [6.45, 7) is 11.7. The van der Waals surface area contributed by atoms with Gasteiger partial charge in [0.15, 0.2) is 0 Å². The zero-order valence-corrected chi connectivity index (χ0v) is 31.1. The van der Waals surface area contributed by atoms with E-state index in [1.165, 1.54) is 4.90 Å². The van der Waals surface area contributed by atoms with Crippen LogP contribution in [0.15, 0.2) is 86.0 Å². The van der Waals surface area contributed by atoms with Crippen LogP contribution in [0.1, 0.15) is 75.6 Å². The first-order valence-electron chi connectivity index (χ1n) is 18.0. The number of halogens is 1. The Balaban J connectivity index is 1.54. The number of benzene rings is 2. The summed E-state index contributed by atoms with van der Waals surface area (Å²) in [7, 11) is 0. The Morgan fingerprint density at radius 1 is 1.10 bits per heavy atom. The fraction of sp³-hybridized carbons (Fsp3) is 0.500. The van der Waals surface area contributed by atoms with E-state index in [1.807, 2.05) is 60.7 Å². The first-order valence-corrected chi connectivity index (χ1v) is 18.9. The van der Waals surface area contributed by atoms with E-state index in [2.05, 4.69) is 41.3 Å². The Hall–Kier alpha value is -3.80. The number of rotatable bonds is 18. The number of aliphatic hydroxyl groups is 1. The SMILES string of the molecule is C=CCCC(=O)N[C@H](C)[C@@H](OC(=O)[C@H]1[C@@H]2O[C@@]3(CC2Br)[C@@H]1C(=O)N([C@H](CO)c1ccccc1)[C@@H]3C(=O)N(CC=C)CCCCC)c1ccccc1. The fourth-order valence-corrected chi connectivity index (χ4v) is 9.04. The van der Waals surface area contributed by atoms with E-state index in [0.29, 0.717) is 30.5 Å². The summed E-state index contributed by atoms with van der Waals surface area (Å²) in [5, 5.41) is 13.8. The molecule has 3 aliphatic rings. The summed E-state index contributed by atoms with van der Waals surface area (Å²) in [4.78, 5) is 59.8. The topological polar surface area (TPSA) is 125 Å². The average molecular weight is 765 g/mol. The number of hydrogen-bond donors (Lipinski definition) is 2. The molecule has 3 saturated heterocycles. The number of alkyl halides is 1. The molecule has 3 aliphatic heterocycles. The van der Waals surface area contributed by atoms with E-state index >= 15 is 0 Å². The smallest absolute Gasteiger partial charge is 0.313 e. The second-order valence-electron chi connectivity index (χ2n) is 13.7. The molecule has 9 atom stereocenters. The highest BCUT2D eigenvalue weighted by atomic mass is 79.9. The number of aliphatic hydroxyl groups excluding tert-OH is 1. The molecule has 11 heteroatoms. The number of nitrogens with zero attached hydrogens (tertiary/aromatic N) is 2. The second-order valence-corrected chi connectivity index (χ2v) is 14.9. The molecular formula is C40H50BrN3O7. The van der Waals surface area contributed by atoms with Gasteiger partial charge < -0.3 is 29.7 Å². The largest absolute Gasteiger partial charge is 0.455 e. The minimum Gasteiger partial charge on any atom is -0.455 e. The van der Waals surface area contributed by atoms with Gasteiger partial charge in [0.25, 0.3) is 0 Å². The molecule has 51 heavy (non-hydrogen) atoms. The van der Waals surface area contributed by atoms with Crippen LogP contribution in [-0.2, 0) is 28.7 Å². The van der Waals surface area contributed by atoms with Crippen molar-refractivity contribution in [2.75, 3.05) is 19.7 Å². The number of ether oxygens (including phenoxy) is 2. The maximum Gasteiger partial charge on any atom is 0.313 e. The van der Waals surface area contributed by atoms with Gasteiger partial charge in [0.2, 0.25) is 17.7 Å². The number of nitrogens with one attached hydrogen (secondary N) is 1. The predicted octanol–water partition coefficient (Wildman–Crippen LogP) is 5.43. The summed E-state index contributed by atoms with van der Waals surface area (Å²) in [6, 6.07) is 15.7. The van der Waals surface area contributed by atoms with Gasteiger partial charge in [-0.3, -0.25) is 19.2 Å². The van der Waals surface area contributed by atoms with Gasteiger partial charge >= 0.3 is 5.97 Å². The molecule has 274 valence electrons. The summed E-state index contributed by atoms with van der Waals surface area (Å²) in [6.07, 6.45) is 5.46. The number of likely N-dealkylation sites (tertiary alicyclic amines) is 1. The standard InChI is InChI=1S/C40H50BrN3O7/c1-5-8-16-23-43(22-7-3)38(48)36-40-24-29(41)35(51-40)32(33(40)37(47)44(36)30(25-45)27-17-12-10-13-18-27)39(49)50-34(28-19-14-11-15-20-28)26(4)42-31(46)21-9-6-2/h6-7,10-15,17-20,26,29-30,32-36,45H,2-3,5,8-9,16,21-25H2,1,4H3,(H,42,46)/t26-,29?,30-,32-,33+,34-,35-,36-,40+/m1/s1. The normalized spacial score (nSPS) is 26.5. The third-order valence-corrected chi connectivity index (χ3v) is 11.3. The van der Waals surface area contributed by atoms with Crippen molar-refractivity contribution in [1.82, 2.24) is 15.1 Å². The van der Waals surface area contributed by atoms with Crippen LogP contribution in [0.4, 0.5) is 0 Å². The van der Waals surface area contributed by atoms with Gasteiger partial charge in [-0.1, -0.05) is 109 Å². The zero-order valence-electron chi connectivity index (χ0n) is 29.5. The maximum atomic E-state index is 14.9. The van der Waals surface area contributed by atoms with Gasteiger partial charge in [0, 0.05) is 24.3 Å². The molecule has 3 fully saturated rings. The van der Waals surface area contributed by atoms with E-state index in [9.17, 15) is 24.3 Å². The molecule has 5 rings (SSSR count). The van der Waals surface area contributed by atoms with Gasteiger partial charge in [-0.15, -0.1) is 13.2 Å². The molecule has 0 aromatic heterocycles. The first-order chi connectivity index (χ1) is 24.6. The molecule has 2 aromatic carbocycles. The van der Waals surface area contributed by atoms with Gasteiger partial charge in [-0.2, -0.15) is 0 Å². The summed E-state index contributed by atoms with van der Waals surface area (Å²) in [5.41, 5.74) is -0.00548. The molecular weight excluding hydrogens is 714 g/mol. The van der Waals surface area contributed by atoms with Crippen LogP contribution in [-0.4, -0.2) is 86.9 Å². The number of hydrogen-bond acceptors (Lipinski definition) is 7. The van der Waals surface area contributed by atoms with E-state index in [1.54, 1.807) is 24.0 Å². The third kappa shape index (κ3) is 7.71. The van der Waals surface area contributed by atoms with Crippen LogP contribution in [0.5, 0.6) is 0 Å². The van der Waals surface area contributed by atoms with Crippen molar-refractivity contribution in [1.29, 1.82) is 0 Å². The molecule has 0 saturated carbocycles. The van der Waals surface area contributed by atoms with Crippen LogP contribution < -0.4 is 5.32 Å². The molecule has 1 unspecified atom stereocenters. The predicted molar refractivity (Wildman–Crippen MR) is 197 cm³/mol. The Bertz CT molecular complexity index is 1560. The first kappa shape index (κ1) is 38.4. The highest BCUT2D eigenvalue weighted by Crippen LogP contribution is 2.61. The van der Waals surface area contributed by atoms with Gasteiger partial charge in [-0.25, -0.2) is 0 Å². The number of fused-ring (bicyclic) bond motifs is 1. The number of amides is 3. The van der Waals surface area contributed by atoms with Crippen molar-refractivity contribution in [2.24, 2.45) is 11.8 Å². The number of allylic oxidation sites excluding steroid dienone is 1.